The summed E-state index contributed by atoms with van der Waals surface area (Å²) in [7, 11) is 0. The van der Waals surface area contributed by atoms with E-state index in [0.717, 1.165) is 12.1 Å². The molecule has 156 valence electrons. The predicted octanol–water partition coefficient (Wildman–Crippen LogP) is 6.33. The molecule has 4 rings (SSSR count). The number of anilines is 1. The Kier molecular flexibility index (Phi) is 5.48. The van der Waals surface area contributed by atoms with Crippen molar-refractivity contribution in [1.29, 1.82) is 0 Å². The van der Waals surface area contributed by atoms with Gasteiger partial charge in [-0.3, -0.25) is 4.79 Å². The zero-order chi connectivity index (χ0) is 22.0. The lowest BCUT2D eigenvalue weighted by Crippen LogP contribution is -2.14. The van der Waals surface area contributed by atoms with Gasteiger partial charge in [-0.2, -0.15) is 18.2 Å². The highest BCUT2D eigenvalue weighted by Crippen LogP contribution is 2.31. The van der Waals surface area contributed by atoms with Crippen LogP contribution in [-0.4, -0.2) is 16.0 Å². The van der Waals surface area contributed by atoms with Crippen LogP contribution in [0.3, 0.4) is 0 Å². The fraction of sp³-hybridized carbons (Fsp3) is 0.0455. The summed E-state index contributed by atoms with van der Waals surface area (Å²) in [5, 5.41) is 6.97. The normalized spacial score (nSPS) is 11.4. The molecule has 0 saturated heterocycles. The molecule has 0 unspecified atom stereocenters. The minimum atomic E-state index is -4.51. The summed E-state index contributed by atoms with van der Waals surface area (Å²) in [6.07, 6.45) is -4.51. The number of nitrogens with one attached hydrogen (secondary N) is 1. The Hall–Kier alpha value is -3.65. The molecule has 0 fully saturated rings. The first-order valence-corrected chi connectivity index (χ1v) is 9.37. The highest BCUT2D eigenvalue weighted by molar-refractivity contribution is 6.30. The lowest BCUT2D eigenvalue weighted by molar-refractivity contribution is -0.137. The molecule has 0 aliphatic carbocycles. The maximum atomic E-state index is 12.9. The third kappa shape index (κ3) is 4.59. The summed E-state index contributed by atoms with van der Waals surface area (Å²) in [6, 6.07) is 17.7. The summed E-state index contributed by atoms with van der Waals surface area (Å²) < 4.78 is 44.1. The first-order chi connectivity index (χ1) is 14.8. The summed E-state index contributed by atoms with van der Waals surface area (Å²) in [5.41, 5.74) is 0.348. The number of aromatic nitrogens is 2. The maximum Gasteiger partial charge on any atom is 0.416 e. The van der Waals surface area contributed by atoms with Crippen molar-refractivity contribution in [1.82, 2.24) is 10.1 Å². The van der Waals surface area contributed by atoms with Gasteiger partial charge in [0.2, 0.25) is 5.82 Å². The number of halogens is 4. The summed E-state index contributed by atoms with van der Waals surface area (Å²) in [4.78, 5) is 17.1. The molecule has 1 aromatic heterocycles. The van der Waals surface area contributed by atoms with Gasteiger partial charge in [0, 0.05) is 16.3 Å². The zero-order valence-electron chi connectivity index (χ0n) is 15.7. The van der Waals surface area contributed by atoms with Gasteiger partial charge < -0.3 is 9.84 Å². The third-order valence-electron chi connectivity index (χ3n) is 4.38. The van der Waals surface area contributed by atoms with Gasteiger partial charge in [0.15, 0.2) is 0 Å². The molecule has 31 heavy (non-hydrogen) atoms. The van der Waals surface area contributed by atoms with Crippen molar-refractivity contribution < 1.29 is 22.5 Å². The fourth-order valence-electron chi connectivity index (χ4n) is 2.89. The van der Waals surface area contributed by atoms with Gasteiger partial charge >= 0.3 is 6.18 Å². The largest absolute Gasteiger partial charge is 0.416 e. The van der Waals surface area contributed by atoms with E-state index in [4.69, 9.17) is 16.1 Å². The van der Waals surface area contributed by atoms with E-state index in [1.54, 1.807) is 42.5 Å². The van der Waals surface area contributed by atoms with Crippen LogP contribution < -0.4 is 5.32 Å². The minimum Gasteiger partial charge on any atom is -0.334 e. The minimum absolute atomic E-state index is 0.0158. The van der Waals surface area contributed by atoms with E-state index in [-0.39, 0.29) is 17.1 Å². The Balaban J connectivity index is 1.62. The second-order valence-corrected chi connectivity index (χ2v) is 6.94. The van der Waals surface area contributed by atoms with Crippen molar-refractivity contribution in [2.24, 2.45) is 0 Å². The molecule has 1 heterocycles. The van der Waals surface area contributed by atoms with Crippen molar-refractivity contribution in [3.8, 4) is 22.8 Å². The quantitative estimate of drug-likeness (QED) is 0.400. The van der Waals surface area contributed by atoms with Crippen molar-refractivity contribution in [3.05, 3.63) is 88.9 Å². The van der Waals surface area contributed by atoms with E-state index in [1.807, 2.05) is 0 Å². The second-order valence-electron chi connectivity index (χ2n) is 6.51. The van der Waals surface area contributed by atoms with Gasteiger partial charge in [0.05, 0.1) is 16.7 Å². The van der Waals surface area contributed by atoms with Gasteiger partial charge in [0.25, 0.3) is 11.8 Å². The molecule has 0 bridgehead atoms. The first kappa shape index (κ1) is 20.6. The van der Waals surface area contributed by atoms with Crippen LogP contribution in [-0.2, 0) is 6.18 Å². The number of carbonyl (C=O) groups excluding carboxylic acids is 1. The first-order valence-electron chi connectivity index (χ1n) is 8.99. The van der Waals surface area contributed by atoms with E-state index in [9.17, 15) is 18.0 Å². The molecular weight excluding hydrogens is 431 g/mol. The number of nitrogens with zero attached hydrogens (tertiary/aromatic N) is 2. The van der Waals surface area contributed by atoms with Crippen LogP contribution in [0.2, 0.25) is 5.02 Å². The Morgan fingerprint density at radius 1 is 0.968 bits per heavy atom. The predicted molar refractivity (Wildman–Crippen MR) is 110 cm³/mol. The highest BCUT2D eigenvalue weighted by atomic mass is 35.5. The Morgan fingerprint density at radius 2 is 1.71 bits per heavy atom. The van der Waals surface area contributed by atoms with E-state index in [2.05, 4.69) is 15.5 Å². The second kappa shape index (κ2) is 8.23. The van der Waals surface area contributed by atoms with E-state index in [0.29, 0.717) is 22.0 Å². The van der Waals surface area contributed by atoms with Crippen LogP contribution in [0.25, 0.3) is 22.8 Å². The molecule has 0 spiro atoms. The maximum absolute atomic E-state index is 12.9. The van der Waals surface area contributed by atoms with E-state index < -0.39 is 17.6 Å². The molecule has 1 N–H and O–H groups in total. The van der Waals surface area contributed by atoms with Crippen LogP contribution in [0, 0.1) is 0 Å². The lowest BCUT2D eigenvalue weighted by Gasteiger charge is -2.11. The number of hydrogen-bond acceptors (Lipinski definition) is 4. The number of carbonyl (C=O) groups is 1. The van der Waals surface area contributed by atoms with Crippen LogP contribution >= 0.6 is 11.6 Å². The lowest BCUT2D eigenvalue weighted by atomic mass is 10.1. The Morgan fingerprint density at radius 3 is 2.45 bits per heavy atom. The van der Waals surface area contributed by atoms with E-state index in [1.165, 1.54) is 18.2 Å². The summed E-state index contributed by atoms with van der Waals surface area (Å²) in [5.74, 6) is -0.208. The molecule has 1 amide bonds. The summed E-state index contributed by atoms with van der Waals surface area (Å²) in [6.45, 7) is 0. The van der Waals surface area contributed by atoms with Crippen molar-refractivity contribution in [3.63, 3.8) is 0 Å². The average Bonchev–Trinajstić information content (AvgIpc) is 3.24. The SMILES string of the molecule is O=C(Nc1cccc(C(F)(F)F)c1)c1ccccc1-c1nc(-c2ccc(Cl)cc2)no1. The molecule has 0 aliphatic heterocycles. The third-order valence-corrected chi connectivity index (χ3v) is 4.63. The van der Waals surface area contributed by atoms with Gasteiger partial charge in [-0.1, -0.05) is 35.0 Å². The standard InChI is InChI=1S/C22H13ClF3N3O2/c23-15-10-8-13(9-11-15)19-28-21(31-29-19)18-7-2-1-6-17(18)20(30)27-16-5-3-4-14(12-16)22(24,25)26/h1-12H,(H,27,30). The Labute approximate surface area is 179 Å². The summed E-state index contributed by atoms with van der Waals surface area (Å²) >= 11 is 5.89. The fourth-order valence-corrected chi connectivity index (χ4v) is 3.01. The van der Waals surface area contributed by atoms with Gasteiger partial charge in [-0.25, -0.2) is 0 Å². The monoisotopic (exact) mass is 443 g/mol. The smallest absolute Gasteiger partial charge is 0.334 e. The van der Waals surface area contributed by atoms with Crippen molar-refractivity contribution >= 4 is 23.2 Å². The number of benzene rings is 3. The molecule has 4 aromatic rings. The zero-order valence-corrected chi connectivity index (χ0v) is 16.4. The van der Waals surface area contributed by atoms with Crippen LogP contribution in [0.5, 0.6) is 0 Å². The molecule has 0 radical (unpaired) electrons. The van der Waals surface area contributed by atoms with Gasteiger partial charge in [0.1, 0.15) is 0 Å². The van der Waals surface area contributed by atoms with Gasteiger partial charge in [-0.15, -0.1) is 0 Å². The molecule has 0 aliphatic rings. The number of hydrogen-bond donors (Lipinski definition) is 1. The average molecular weight is 444 g/mol. The van der Waals surface area contributed by atoms with Crippen LogP contribution in [0.15, 0.2) is 77.3 Å². The van der Waals surface area contributed by atoms with Crippen molar-refractivity contribution in [2.45, 2.75) is 6.18 Å². The van der Waals surface area contributed by atoms with Crippen LogP contribution in [0.1, 0.15) is 15.9 Å². The number of rotatable bonds is 4. The molecular formula is C22H13ClF3N3O2. The topological polar surface area (TPSA) is 68.0 Å². The molecule has 0 saturated carbocycles. The molecule has 9 heteroatoms. The van der Waals surface area contributed by atoms with Crippen LogP contribution in [0.4, 0.5) is 18.9 Å². The number of amides is 1. The van der Waals surface area contributed by atoms with Gasteiger partial charge in [-0.05, 0) is 54.6 Å². The number of alkyl halides is 3. The van der Waals surface area contributed by atoms with E-state index >= 15 is 0 Å². The highest BCUT2D eigenvalue weighted by Gasteiger charge is 2.30. The Bertz CT molecular complexity index is 1240. The molecule has 0 atom stereocenters. The molecule has 5 nitrogen and oxygen atoms in total. The van der Waals surface area contributed by atoms with Crippen molar-refractivity contribution in [2.75, 3.05) is 5.32 Å². The molecule has 3 aromatic carbocycles.